The fourth-order valence-electron chi connectivity index (χ4n) is 4.08. The molecule has 0 atom stereocenters. The Morgan fingerprint density at radius 3 is 1.92 bits per heavy atom. The average Bonchev–Trinajstić information content (AvgIpc) is 2.90. The number of hydrogen-bond acceptors (Lipinski definition) is 10. The quantitative estimate of drug-likeness (QED) is 0.428. The van der Waals surface area contributed by atoms with Gasteiger partial charge in [0.1, 0.15) is 11.3 Å². The van der Waals surface area contributed by atoms with Crippen LogP contribution in [-0.2, 0) is 9.47 Å². The molecule has 0 aromatic heterocycles. The third kappa shape index (κ3) is 4.26. The molecule has 0 spiro atoms. The Bertz CT molecular complexity index is 1310. The van der Waals surface area contributed by atoms with Crippen LogP contribution in [-0.4, -0.2) is 66.3 Å². The van der Waals surface area contributed by atoms with E-state index in [1.54, 1.807) is 25.1 Å². The Labute approximate surface area is 208 Å². The van der Waals surface area contributed by atoms with Gasteiger partial charge >= 0.3 is 11.9 Å². The van der Waals surface area contributed by atoms with Crippen LogP contribution < -0.4 is 23.7 Å². The number of phenols is 1. The summed E-state index contributed by atoms with van der Waals surface area (Å²) < 4.78 is 37.7. The number of hydrogen-bond donors (Lipinski definition) is 1. The molecule has 0 unspecified atom stereocenters. The van der Waals surface area contributed by atoms with Crippen LogP contribution in [0.2, 0.25) is 0 Å². The van der Waals surface area contributed by atoms with Crippen molar-refractivity contribution in [3.8, 4) is 45.6 Å². The molecule has 3 rings (SSSR count). The second-order valence-electron chi connectivity index (χ2n) is 7.32. The van der Waals surface area contributed by atoms with Gasteiger partial charge in [-0.15, -0.1) is 0 Å². The van der Waals surface area contributed by atoms with Gasteiger partial charge in [0.2, 0.25) is 5.75 Å². The van der Waals surface area contributed by atoms with Crippen molar-refractivity contribution in [2.45, 2.75) is 6.92 Å². The third-order valence-corrected chi connectivity index (χ3v) is 5.61. The van der Waals surface area contributed by atoms with Crippen LogP contribution in [0.4, 0.5) is 0 Å². The summed E-state index contributed by atoms with van der Waals surface area (Å²) in [6, 6.07) is 6.43. The van der Waals surface area contributed by atoms with E-state index in [-0.39, 0.29) is 51.3 Å². The predicted octanol–water partition coefficient (Wildman–Crippen LogP) is 4.22. The largest absolute Gasteiger partial charge is 0.506 e. The molecule has 0 bridgehead atoms. The number of ether oxygens (including phenoxy) is 7. The summed E-state index contributed by atoms with van der Waals surface area (Å²) in [5.41, 5.74) is 0.0747. The second-order valence-corrected chi connectivity index (χ2v) is 7.32. The zero-order chi connectivity index (χ0) is 26.6. The van der Waals surface area contributed by atoms with Crippen LogP contribution in [0.15, 0.2) is 24.3 Å². The molecule has 0 aliphatic carbocycles. The first kappa shape index (κ1) is 26.3. The number of carbonyl (C=O) groups is 2. The summed E-state index contributed by atoms with van der Waals surface area (Å²) in [5.74, 6) is -0.877. The van der Waals surface area contributed by atoms with Crippen LogP contribution in [0.3, 0.4) is 0 Å². The van der Waals surface area contributed by atoms with Gasteiger partial charge in [-0.3, -0.25) is 0 Å². The van der Waals surface area contributed by atoms with Gasteiger partial charge in [-0.1, -0.05) is 6.07 Å². The number of methoxy groups -OCH3 is 6. The van der Waals surface area contributed by atoms with E-state index >= 15 is 0 Å². The molecule has 10 nitrogen and oxygen atoms in total. The SMILES string of the molecule is CCOC(=O)c1c(C(=O)OC)c(O)c2cc(OC)c(OC)c(OC)c2c1-c1ccc(OC)c(OC)c1. The maximum atomic E-state index is 13.3. The number of fused-ring (bicyclic) bond motifs is 1. The molecule has 0 saturated heterocycles. The minimum absolute atomic E-state index is 0.0205. The van der Waals surface area contributed by atoms with Crippen molar-refractivity contribution in [2.75, 3.05) is 49.3 Å². The van der Waals surface area contributed by atoms with E-state index in [0.717, 1.165) is 7.11 Å². The fourth-order valence-corrected chi connectivity index (χ4v) is 4.08. The van der Waals surface area contributed by atoms with Gasteiger partial charge in [0, 0.05) is 16.3 Å². The van der Waals surface area contributed by atoms with Crippen molar-refractivity contribution in [3.63, 3.8) is 0 Å². The highest BCUT2D eigenvalue weighted by Crippen LogP contribution is 2.52. The smallest absolute Gasteiger partial charge is 0.342 e. The number of benzene rings is 3. The van der Waals surface area contributed by atoms with Crippen LogP contribution >= 0.6 is 0 Å². The highest BCUT2D eigenvalue weighted by molar-refractivity contribution is 6.20. The van der Waals surface area contributed by atoms with Gasteiger partial charge in [0.25, 0.3) is 0 Å². The molecular formula is C26H28O10. The van der Waals surface area contributed by atoms with Gasteiger partial charge < -0.3 is 38.3 Å². The Kier molecular flexibility index (Phi) is 7.98. The summed E-state index contributed by atoms with van der Waals surface area (Å²) >= 11 is 0. The van der Waals surface area contributed by atoms with Crippen LogP contribution in [0.25, 0.3) is 21.9 Å². The van der Waals surface area contributed by atoms with E-state index in [4.69, 9.17) is 33.2 Å². The molecule has 1 N–H and O–H groups in total. The fraction of sp³-hybridized carbons (Fsp3) is 0.308. The third-order valence-electron chi connectivity index (χ3n) is 5.61. The lowest BCUT2D eigenvalue weighted by Crippen LogP contribution is -2.16. The van der Waals surface area contributed by atoms with Crippen molar-refractivity contribution < 1.29 is 47.9 Å². The number of phenolic OH excluding ortho intramolecular Hbond substituents is 1. The van der Waals surface area contributed by atoms with E-state index in [2.05, 4.69) is 0 Å². The topological polar surface area (TPSA) is 119 Å². The first-order valence-corrected chi connectivity index (χ1v) is 10.8. The molecule has 0 aliphatic rings. The minimum Gasteiger partial charge on any atom is -0.506 e. The lowest BCUT2D eigenvalue weighted by molar-refractivity contribution is 0.0503. The summed E-state index contributed by atoms with van der Waals surface area (Å²) in [7, 11) is 8.36. The maximum Gasteiger partial charge on any atom is 0.342 e. The van der Waals surface area contributed by atoms with Crippen LogP contribution in [0.5, 0.6) is 34.5 Å². The molecule has 36 heavy (non-hydrogen) atoms. The Hall–Kier alpha value is -4.34. The molecule has 0 heterocycles. The summed E-state index contributed by atoms with van der Waals surface area (Å²) in [6.45, 7) is 1.65. The lowest BCUT2D eigenvalue weighted by Gasteiger charge is -2.22. The highest BCUT2D eigenvalue weighted by atomic mass is 16.5. The Morgan fingerprint density at radius 2 is 1.39 bits per heavy atom. The lowest BCUT2D eigenvalue weighted by atomic mass is 9.87. The van der Waals surface area contributed by atoms with E-state index in [0.29, 0.717) is 17.1 Å². The van der Waals surface area contributed by atoms with Gasteiger partial charge in [-0.2, -0.15) is 0 Å². The van der Waals surface area contributed by atoms with Gasteiger partial charge in [0.05, 0.1) is 54.8 Å². The molecule has 10 heteroatoms. The molecule has 0 fully saturated rings. The molecule has 0 aliphatic heterocycles. The first-order chi connectivity index (χ1) is 17.3. The first-order valence-electron chi connectivity index (χ1n) is 10.8. The van der Waals surface area contributed by atoms with Crippen LogP contribution in [0.1, 0.15) is 27.6 Å². The highest BCUT2D eigenvalue weighted by Gasteiger charge is 2.34. The second kappa shape index (κ2) is 10.9. The number of rotatable bonds is 9. The molecule has 3 aromatic carbocycles. The zero-order valence-electron chi connectivity index (χ0n) is 21.1. The number of carbonyl (C=O) groups excluding carboxylic acids is 2. The predicted molar refractivity (Wildman–Crippen MR) is 131 cm³/mol. The summed E-state index contributed by atoms with van der Waals surface area (Å²) in [6.07, 6.45) is 0. The van der Waals surface area contributed by atoms with E-state index in [1.165, 1.54) is 41.6 Å². The monoisotopic (exact) mass is 500 g/mol. The van der Waals surface area contributed by atoms with Crippen molar-refractivity contribution in [1.82, 2.24) is 0 Å². The zero-order valence-corrected chi connectivity index (χ0v) is 21.1. The van der Waals surface area contributed by atoms with Crippen molar-refractivity contribution in [3.05, 3.63) is 35.4 Å². The van der Waals surface area contributed by atoms with Gasteiger partial charge in [-0.25, -0.2) is 9.59 Å². The maximum absolute atomic E-state index is 13.3. The molecule has 0 saturated carbocycles. The van der Waals surface area contributed by atoms with Crippen molar-refractivity contribution >= 4 is 22.7 Å². The van der Waals surface area contributed by atoms with E-state index in [9.17, 15) is 14.7 Å². The van der Waals surface area contributed by atoms with Gasteiger partial charge in [0.15, 0.2) is 23.0 Å². The van der Waals surface area contributed by atoms with E-state index < -0.39 is 17.7 Å². The molecule has 0 radical (unpaired) electrons. The molecule has 3 aromatic rings. The molecule has 192 valence electrons. The minimum atomic E-state index is -0.937. The van der Waals surface area contributed by atoms with Gasteiger partial charge in [-0.05, 0) is 30.7 Å². The standard InChI is InChI=1S/C26H28O10/c1-8-36-26(29)20-18(13-9-10-15(30-2)16(11-13)31-3)19-14(22(27)21(20)25(28)35-7)12-17(32-4)23(33-5)24(19)34-6/h9-12,27H,8H2,1-7H3. The van der Waals surface area contributed by atoms with E-state index in [1.807, 2.05) is 0 Å². The molecular weight excluding hydrogens is 472 g/mol. The van der Waals surface area contributed by atoms with Crippen LogP contribution in [0, 0.1) is 0 Å². The average molecular weight is 501 g/mol. The molecule has 0 amide bonds. The van der Waals surface area contributed by atoms with Crippen molar-refractivity contribution in [1.29, 1.82) is 0 Å². The number of esters is 2. The Balaban J connectivity index is 2.71. The van der Waals surface area contributed by atoms with Crippen molar-refractivity contribution in [2.24, 2.45) is 0 Å². The normalized spacial score (nSPS) is 10.5. The Morgan fingerprint density at radius 1 is 0.750 bits per heavy atom. The summed E-state index contributed by atoms with van der Waals surface area (Å²) in [5, 5.41) is 11.7. The summed E-state index contributed by atoms with van der Waals surface area (Å²) in [4.78, 5) is 26.3. The number of aromatic hydroxyl groups is 1.